The highest BCUT2D eigenvalue weighted by Gasteiger charge is 2.22. The van der Waals surface area contributed by atoms with E-state index < -0.39 is 17.0 Å². The topological polar surface area (TPSA) is 134 Å². The molecule has 26 heavy (non-hydrogen) atoms. The maximum absolute atomic E-state index is 12.2. The number of hydrogen-bond donors (Lipinski definition) is 1. The summed E-state index contributed by atoms with van der Waals surface area (Å²) in [6, 6.07) is 12.8. The van der Waals surface area contributed by atoms with Gasteiger partial charge in [0.15, 0.2) is 6.10 Å². The highest BCUT2D eigenvalue weighted by molar-refractivity contribution is 5.91. The quantitative estimate of drug-likeness (QED) is 0.319. The van der Waals surface area contributed by atoms with Crippen molar-refractivity contribution in [2.45, 2.75) is 13.0 Å². The number of esters is 1. The number of hydrogen-bond acceptors (Lipinski definition) is 8. The predicted molar refractivity (Wildman–Crippen MR) is 91.1 cm³/mol. The van der Waals surface area contributed by atoms with E-state index in [1.807, 2.05) is 30.3 Å². The third kappa shape index (κ3) is 3.51. The van der Waals surface area contributed by atoms with Crippen molar-refractivity contribution in [1.82, 2.24) is 10.2 Å². The fraction of sp³-hybridized carbons (Fsp3) is 0.118. The largest absolute Gasteiger partial charge is 0.449 e. The van der Waals surface area contributed by atoms with Gasteiger partial charge in [-0.25, -0.2) is 4.79 Å². The molecule has 0 amide bonds. The van der Waals surface area contributed by atoms with Gasteiger partial charge < -0.3 is 14.9 Å². The van der Waals surface area contributed by atoms with Gasteiger partial charge in [0.1, 0.15) is 5.69 Å². The van der Waals surface area contributed by atoms with E-state index in [0.29, 0.717) is 5.89 Å². The molecule has 0 fully saturated rings. The number of carbonyl (C=O) groups is 1. The van der Waals surface area contributed by atoms with E-state index in [9.17, 15) is 14.9 Å². The van der Waals surface area contributed by atoms with Crippen molar-refractivity contribution >= 4 is 17.3 Å². The van der Waals surface area contributed by atoms with E-state index in [-0.39, 0.29) is 22.8 Å². The van der Waals surface area contributed by atoms with Crippen LogP contribution in [-0.4, -0.2) is 21.1 Å². The van der Waals surface area contributed by atoms with Crippen LogP contribution in [-0.2, 0) is 4.74 Å². The van der Waals surface area contributed by atoms with E-state index in [4.69, 9.17) is 14.9 Å². The van der Waals surface area contributed by atoms with Crippen molar-refractivity contribution in [2.24, 2.45) is 0 Å². The van der Waals surface area contributed by atoms with Crippen LogP contribution in [0.15, 0.2) is 52.9 Å². The van der Waals surface area contributed by atoms with Crippen LogP contribution < -0.4 is 5.73 Å². The summed E-state index contributed by atoms with van der Waals surface area (Å²) < 4.78 is 10.8. The molecule has 1 aromatic heterocycles. The second kappa shape index (κ2) is 7.01. The number of benzene rings is 2. The minimum atomic E-state index is -0.830. The van der Waals surface area contributed by atoms with E-state index in [2.05, 4.69) is 10.2 Å². The third-order valence-corrected chi connectivity index (χ3v) is 3.56. The molecular formula is C17H14N4O5. The zero-order valence-electron chi connectivity index (χ0n) is 13.7. The number of anilines is 1. The minimum absolute atomic E-state index is 0.000508. The third-order valence-electron chi connectivity index (χ3n) is 3.56. The smallest absolute Gasteiger partial charge is 0.339 e. The Morgan fingerprint density at radius 2 is 1.96 bits per heavy atom. The number of nitrogen functional groups attached to an aromatic ring is 1. The molecule has 2 aromatic carbocycles. The summed E-state index contributed by atoms with van der Waals surface area (Å²) in [5, 5.41) is 18.7. The van der Waals surface area contributed by atoms with Crippen molar-refractivity contribution in [3.8, 4) is 11.5 Å². The first-order valence-electron chi connectivity index (χ1n) is 7.59. The van der Waals surface area contributed by atoms with Crippen LogP contribution >= 0.6 is 0 Å². The fourth-order valence-electron chi connectivity index (χ4n) is 2.20. The van der Waals surface area contributed by atoms with Gasteiger partial charge in [-0.1, -0.05) is 18.2 Å². The fourth-order valence-corrected chi connectivity index (χ4v) is 2.20. The second-order valence-corrected chi connectivity index (χ2v) is 5.39. The lowest BCUT2D eigenvalue weighted by molar-refractivity contribution is -0.383. The summed E-state index contributed by atoms with van der Waals surface area (Å²) in [6.45, 7) is 1.56. The number of nitrogens with two attached hydrogens (primary N) is 1. The summed E-state index contributed by atoms with van der Waals surface area (Å²) in [7, 11) is 0. The van der Waals surface area contributed by atoms with Crippen LogP contribution in [0.2, 0.25) is 0 Å². The molecule has 3 rings (SSSR count). The molecule has 0 radical (unpaired) electrons. The molecule has 0 aliphatic carbocycles. The van der Waals surface area contributed by atoms with Crippen LogP contribution in [0.3, 0.4) is 0 Å². The average Bonchev–Trinajstić information content (AvgIpc) is 3.13. The van der Waals surface area contributed by atoms with Gasteiger partial charge >= 0.3 is 5.97 Å². The molecule has 0 spiro atoms. The van der Waals surface area contributed by atoms with E-state index in [0.717, 1.165) is 11.6 Å². The number of aromatic nitrogens is 2. The molecule has 1 atom stereocenters. The van der Waals surface area contributed by atoms with Crippen molar-refractivity contribution in [2.75, 3.05) is 5.73 Å². The van der Waals surface area contributed by atoms with Gasteiger partial charge in [-0.2, -0.15) is 0 Å². The van der Waals surface area contributed by atoms with Gasteiger partial charge in [-0.15, -0.1) is 10.2 Å². The van der Waals surface area contributed by atoms with Gasteiger partial charge in [-0.3, -0.25) is 10.1 Å². The Morgan fingerprint density at radius 3 is 2.65 bits per heavy atom. The molecule has 0 saturated carbocycles. The SMILES string of the molecule is C[C@H](OC(=O)c1ccc(N)c([N+](=O)[O-])c1)c1nnc(-c2ccccc2)o1. The lowest BCUT2D eigenvalue weighted by Crippen LogP contribution is -2.10. The van der Waals surface area contributed by atoms with Crippen LogP contribution in [0.25, 0.3) is 11.5 Å². The predicted octanol–water partition coefficient (Wildman–Crippen LogP) is 3.15. The Kier molecular flexibility index (Phi) is 4.61. The number of rotatable bonds is 5. The Hall–Kier alpha value is -3.75. The van der Waals surface area contributed by atoms with Gasteiger partial charge in [0.05, 0.1) is 10.5 Å². The highest BCUT2D eigenvalue weighted by Crippen LogP contribution is 2.25. The standard InChI is InChI=1S/C17H14N4O5/c1-10(15-19-20-16(26-15)11-5-3-2-4-6-11)25-17(22)12-7-8-13(18)14(9-12)21(23)24/h2-10H,18H2,1H3/t10-/m0/s1. The Balaban J connectivity index is 1.75. The Morgan fingerprint density at radius 1 is 1.23 bits per heavy atom. The maximum Gasteiger partial charge on any atom is 0.339 e. The zero-order valence-corrected chi connectivity index (χ0v) is 13.7. The van der Waals surface area contributed by atoms with Gasteiger partial charge in [-0.05, 0) is 31.2 Å². The molecule has 132 valence electrons. The molecule has 3 aromatic rings. The molecule has 0 unspecified atom stereocenters. The van der Waals surface area contributed by atoms with Crippen LogP contribution in [0, 0.1) is 10.1 Å². The summed E-state index contributed by atoms with van der Waals surface area (Å²) >= 11 is 0. The van der Waals surface area contributed by atoms with Crippen molar-refractivity contribution in [1.29, 1.82) is 0 Å². The Bertz CT molecular complexity index is 955. The van der Waals surface area contributed by atoms with Crippen molar-refractivity contribution in [3.63, 3.8) is 0 Å². The second-order valence-electron chi connectivity index (χ2n) is 5.39. The van der Waals surface area contributed by atoms with Gasteiger partial charge in [0.25, 0.3) is 11.6 Å². The molecule has 0 bridgehead atoms. The average molecular weight is 354 g/mol. The molecule has 1 heterocycles. The maximum atomic E-state index is 12.2. The van der Waals surface area contributed by atoms with Gasteiger partial charge in [0.2, 0.25) is 5.89 Å². The van der Waals surface area contributed by atoms with E-state index >= 15 is 0 Å². The summed E-state index contributed by atoms with van der Waals surface area (Å²) in [5.41, 5.74) is 5.85. The molecular weight excluding hydrogens is 340 g/mol. The number of carbonyl (C=O) groups excluding carboxylic acids is 1. The van der Waals surface area contributed by atoms with E-state index in [1.165, 1.54) is 12.1 Å². The van der Waals surface area contributed by atoms with Crippen LogP contribution in [0.4, 0.5) is 11.4 Å². The van der Waals surface area contributed by atoms with Gasteiger partial charge in [0, 0.05) is 11.6 Å². The van der Waals surface area contributed by atoms with Crippen LogP contribution in [0.1, 0.15) is 29.3 Å². The summed E-state index contributed by atoms with van der Waals surface area (Å²) in [6.07, 6.45) is -0.830. The van der Waals surface area contributed by atoms with Crippen molar-refractivity contribution in [3.05, 3.63) is 70.1 Å². The van der Waals surface area contributed by atoms with Crippen LogP contribution in [0.5, 0.6) is 0 Å². The normalized spacial score (nSPS) is 11.7. The number of ether oxygens (including phenoxy) is 1. The highest BCUT2D eigenvalue weighted by atomic mass is 16.6. The van der Waals surface area contributed by atoms with Crippen molar-refractivity contribution < 1.29 is 18.9 Å². The lowest BCUT2D eigenvalue weighted by Gasteiger charge is -2.09. The molecule has 0 saturated heterocycles. The summed E-state index contributed by atoms with van der Waals surface area (Å²) in [4.78, 5) is 22.5. The summed E-state index contributed by atoms with van der Waals surface area (Å²) in [5.74, 6) is -0.353. The first-order valence-corrected chi connectivity index (χ1v) is 7.59. The molecule has 9 nitrogen and oxygen atoms in total. The number of nitrogens with zero attached hydrogens (tertiary/aromatic N) is 3. The van der Waals surface area contributed by atoms with E-state index in [1.54, 1.807) is 6.92 Å². The first-order chi connectivity index (χ1) is 12.5. The number of nitro groups is 1. The molecule has 2 N–H and O–H groups in total. The first kappa shape index (κ1) is 17.1. The number of nitro benzene ring substituents is 1. The molecule has 9 heteroatoms. The minimum Gasteiger partial charge on any atom is -0.449 e. The monoisotopic (exact) mass is 354 g/mol. The lowest BCUT2D eigenvalue weighted by atomic mass is 10.2. The molecule has 0 aliphatic rings. The zero-order chi connectivity index (χ0) is 18.7. The molecule has 0 aliphatic heterocycles. The Labute approximate surface area is 147 Å².